The zero-order chi connectivity index (χ0) is 15.9. The molecule has 0 heterocycles. The average molecular weight is 360 g/mol. The summed E-state index contributed by atoms with van der Waals surface area (Å²) in [5, 5.41) is 0. The van der Waals surface area contributed by atoms with Gasteiger partial charge in [-0.25, -0.2) is 4.39 Å². The Morgan fingerprint density at radius 3 is 2.59 bits per heavy atom. The van der Waals surface area contributed by atoms with Crippen molar-refractivity contribution in [1.29, 1.82) is 0 Å². The number of amides is 1. The van der Waals surface area contributed by atoms with E-state index in [9.17, 15) is 9.18 Å². The number of nitrogens with zero attached hydrogens (tertiary/aromatic N) is 1. The maximum absolute atomic E-state index is 13.4. The largest absolute Gasteiger partial charge is 0.323 e. The van der Waals surface area contributed by atoms with E-state index in [2.05, 4.69) is 27.8 Å². The first-order chi connectivity index (χ1) is 10.6. The van der Waals surface area contributed by atoms with E-state index < -0.39 is 0 Å². The van der Waals surface area contributed by atoms with Crippen LogP contribution >= 0.6 is 15.9 Å². The van der Waals surface area contributed by atoms with Gasteiger partial charge in [-0.05, 0) is 42.2 Å². The molecular formula is C18H15BrFNO. The molecule has 0 unspecified atom stereocenters. The van der Waals surface area contributed by atoms with Gasteiger partial charge in [0.2, 0.25) is 0 Å². The molecule has 0 radical (unpaired) electrons. The lowest BCUT2D eigenvalue weighted by Gasteiger charge is -2.21. The second kappa shape index (κ2) is 7.77. The number of rotatable bonds is 4. The molecule has 4 heteroatoms. The summed E-state index contributed by atoms with van der Waals surface area (Å²) in [5.41, 5.74) is 1.71. The van der Waals surface area contributed by atoms with Crippen LogP contribution in [0.25, 0.3) is 0 Å². The second-order valence-electron chi connectivity index (χ2n) is 4.76. The first-order valence-electron chi connectivity index (χ1n) is 6.79. The van der Waals surface area contributed by atoms with Crippen molar-refractivity contribution < 1.29 is 9.18 Å². The second-order valence-corrected chi connectivity index (χ2v) is 5.61. The van der Waals surface area contributed by atoms with Crippen LogP contribution in [-0.4, -0.2) is 10.8 Å². The highest BCUT2D eigenvalue weighted by molar-refractivity contribution is 9.10. The first-order valence-corrected chi connectivity index (χ1v) is 7.59. The number of hydrogen-bond acceptors (Lipinski definition) is 1. The van der Waals surface area contributed by atoms with Gasteiger partial charge < -0.3 is 4.90 Å². The minimum Gasteiger partial charge on any atom is -0.323 e. The first kappa shape index (κ1) is 16.3. The summed E-state index contributed by atoms with van der Waals surface area (Å²) in [6.45, 7) is 2.34. The van der Waals surface area contributed by atoms with Crippen LogP contribution in [0.1, 0.15) is 18.1 Å². The van der Waals surface area contributed by atoms with E-state index in [-0.39, 0.29) is 11.7 Å². The minimum atomic E-state index is -0.327. The smallest absolute Gasteiger partial charge is 0.299 e. The number of hydrogen-bond donors (Lipinski definition) is 0. The maximum atomic E-state index is 13.4. The van der Waals surface area contributed by atoms with Crippen molar-refractivity contribution >= 4 is 21.8 Å². The predicted molar refractivity (Wildman–Crippen MR) is 88.2 cm³/mol. The standard InChI is InChI=1S/C18H15BrFNO/c1-2-6-18(22)21(12-14-7-4-3-5-8-14)13-15-11-16(20)9-10-17(15)19/h3-5,7-11H,12-13H2,1H3. The van der Waals surface area contributed by atoms with Crippen LogP contribution in [0.15, 0.2) is 53.0 Å². The molecule has 0 aromatic heterocycles. The van der Waals surface area contributed by atoms with Gasteiger partial charge in [-0.3, -0.25) is 4.79 Å². The molecule has 0 fully saturated rings. The van der Waals surface area contributed by atoms with Crippen LogP contribution in [0.5, 0.6) is 0 Å². The van der Waals surface area contributed by atoms with Gasteiger partial charge >= 0.3 is 0 Å². The molecule has 0 saturated heterocycles. The summed E-state index contributed by atoms with van der Waals surface area (Å²) in [4.78, 5) is 13.8. The van der Waals surface area contributed by atoms with E-state index in [1.807, 2.05) is 30.3 Å². The van der Waals surface area contributed by atoms with E-state index in [1.54, 1.807) is 17.9 Å². The summed E-state index contributed by atoms with van der Waals surface area (Å²) in [5.74, 6) is 4.56. The predicted octanol–water partition coefficient (Wildman–Crippen LogP) is 4.14. The summed E-state index contributed by atoms with van der Waals surface area (Å²) < 4.78 is 14.2. The number of carbonyl (C=O) groups is 1. The van der Waals surface area contributed by atoms with Gasteiger partial charge in [0.05, 0.1) is 0 Å². The van der Waals surface area contributed by atoms with Gasteiger partial charge in [-0.15, -0.1) is 0 Å². The topological polar surface area (TPSA) is 20.3 Å². The lowest BCUT2D eigenvalue weighted by atomic mass is 10.1. The zero-order valence-electron chi connectivity index (χ0n) is 12.1. The lowest BCUT2D eigenvalue weighted by Crippen LogP contribution is -2.29. The maximum Gasteiger partial charge on any atom is 0.299 e. The molecule has 0 bridgehead atoms. The van der Waals surface area contributed by atoms with Gasteiger partial charge in [-0.1, -0.05) is 52.2 Å². The van der Waals surface area contributed by atoms with E-state index in [0.717, 1.165) is 10.0 Å². The Morgan fingerprint density at radius 2 is 1.91 bits per heavy atom. The Bertz CT molecular complexity index is 719. The summed E-state index contributed by atoms with van der Waals surface area (Å²) in [7, 11) is 0. The molecule has 0 aliphatic carbocycles. The molecule has 0 atom stereocenters. The van der Waals surface area contributed by atoms with Gasteiger partial charge in [0.25, 0.3) is 5.91 Å². The van der Waals surface area contributed by atoms with Crippen molar-refractivity contribution in [3.8, 4) is 11.8 Å². The highest BCUT2D eigenvalue weighted by Gasteiger charge is 2.14. The summed E-state index contributed by atoms with van der Waals surface area (Å²) in [6.07, 6.45) is 0. The fourth-order valence-corrected chi connectivity index (χ4v) is 2.43. The van der Waals surface area contributed by atoms with Crippen molar-refractivity contribution in [2.24, 2.45) is 0 Å². The third-order valence-corrected chi connectivity index (χ3v) is 3.88. The van der Waals surface area contributed by atoms with Crippen LogP contribution in [0.4, 0.5) is 4.39 Å². The summed E-state index contributed by atoms with van der Waals surface area (Å²) in [6, 6.07) is 14.1. The fourth-order valence-electron chi connectivity index (χ4n) is 2.06. The molecule has 1 amide bonds. The normalized spacial score (nSPS) is 9.77. The molecule has 0 saturated carbocycles. The van der Waals surface area contributed by atoms with Crippen molar-refractivity contribution in [2.75, 3.05) is 0 Å². The Hall–Kier alpha value is -2.12. The third-order valence-electron chi connectivity index (χ3n) is 3.10. The van der Waals surface area contributed by atoms with Crippen LogP contribution in [-0.2, 0) is 17.9 Å². The molecule has 2 rings (SSSR count). The van der Waals surface area contributed by atoms with Crippen molar-refractivity contribution in [3.05, 3.63) is 69.9 Å². The minimum absolute atomic E-state index is 0.275. The molecular weight excluding hydrogens is 345 g/mol. The molecule has 2 nitrogen and oxygen atoms in total. The molecule has 2 aromatic rings. The van der Waals surface area contributed by atoms with E-state index in [1.165, 1.54) is 12.1 Å². The Labute approximate surface area is 138 Å². The zero-order valence-corrected chi connectivity index (χ0v) is 13.7. The van der Waals surface area contributed by atoms with Gasteiger partial charge in [-0.2, -0.15) is 0 Å². The molecule has 112 valence electrons. The van der Waals surface area contributed by atoms with Crippen molar-refractivity contribution in [2.45, 2.75) is 20.0 Å². The highest BCUT2D eigenvalue weighted by Crippen LogP contribution is 2.20. The van der Waals surface area contributed by atoms with E-state index >= 15 is 0 Å². The van der Waals surface area contributed by atoms with Crippen LogP contribution in [0.2, 0.25) is 0 Å². The third kappa shape index (κ3) is 4.44. The molecule has 0 aliphatic rings. The summed E-state index contributed by atoms with van der Waals surface area (Å²) >= 11 is 3.39. The quantitative estimate of drug-likeness (QED) is 0.751. The fraction of sp³-hybridized carbons (Fsp3) is 0.167. The van der Waals surface area contributed by atoms with Crippen LogP contribution in [0.3, 0.4) is 0 Å². The monoisotopic (exact) mass is 359 g/mol. The molecule has 2 aromatic carbocycles. The number of halogens is 2. The van der Waals surface area contributed by atoms with Gasteiger partial charge in [0, 0.05) is 17.6 Å². The van der Waals surface area contributed by atoms with Crippen molar-refractivity contribution in [3.63, 3.8) is 0 Å². The van der Waals surface area contributed by atoms with Crippen molar-refractivity contribution in [1.82, 2.24) is 4.90 Å². The molecule has 0 N–H and O–H groups in total. The van der Waals surface area contributed by atoms with Gasteiger partial charge in [0.1, 0.15) is 5.82 Å². The van der Waals surface area contributed by atoms with Crippen LogP contribution in [0, 0.1) is 17.7 Å². The Balaban J connectivity index is 2.25. The average Bonchev–Trinajstić information content (AvgIpc) is 2.51. The molecule has 0 aliphatic heterocycles. The molecule has 22 heavy (non-hydrogen) atoms. The van der Waals surface area contributed by atoms with Gasteiger partial charge in [0.15, 0.2) is 0 Å². The Morgan fingerprint density at radius 1 is 1.18 bits per heavy atom. The number of carbonyl (C=O) groups excluding carboxylic acids is 1. The highest BCUT2D eigenvalue weighted by atomic mass is 79.9. The van der Waals surface area contributed by atoms with Crippen LogP contribution < -0.4 is 0 Å². The Kier molecular flexibility index (Phi) is 5.74. The number of benzene rings is 2. The van der Waals surface area contributed by atoms with E-state index in [0.29, 0.717) is 18.7 Å². The SMILES string of the molecule is CC#CC(=O)N(Cc1ccccc1)Cc1cc(F)ccc1Br. The molecule has 0 spiro atoms. The lowest BCUT2D eigenvalue weighted by molar-refractivity contribution is -0.126. The van der Waals surface area contributed by atoms with E-state index in [4.69, 9.17) is 0 Å².